The van der Waals surface area contributed by atoms with Crippen molar-refractivity contribution in [2.45, 2.75) is 57.4 Å². The van der Waals surface area contributed by atoms with Gasteiger partial charge in [0, 0.05) is 17.5 Å². The van der Waals surface area contributed by atoms with E-state index >= 15 is 0 Å². The maximum absolute atomic E-state index is 13.1. The number of urea groups is 1. The van der Waals surface area contributed by atoms with Gasteiger partial charge in [-0.2, -0.15) is 5.21 Å². The highest BCUT2D eigenvalue weighted by atomic mass is 32.2. The smallest absolute Gasteiger partial charge is 0.319 e. The highest BCUT2D eigenvalue weighted by molar-refractivity contribution is 7.90. The van der Waals surface area contributed by atoms with Crippen LogP contribution in [0, 0.1) is 17.3 Å². The number of amides is 3. The fraction of sp³-hybridized carbons (Fsp3) is 0.444. The summed E-state index contributed by atoms with van der Waals surface area (Å²) < 4.78 is 23.9. The first kappa shape index (κ1) is 28.2. The van der Waals surface area contributed by atoms with Crippen molar-refractivity contribution in [2.24, 2.45) is 17.3 Å². The van der Waals surface area contributed by atoms with Gasteiger partial charge in [0.1, 0.15) is 0 Å². The standard InChI is InChI=1S/C27H35N7O4S/c1-27(2,3)20-14-12-18(13-15-20)23(29-26(36)28-21-6-5-7-22(16-21)39(4,37)38)17-8-10-19(11-9-17)24(35)30-25-31-33-34-32-25/h5-11,16,18,20,23H,12-15H2,1-4H3,(H2,28,29,36)(H2,30,31,32,33,34,35). The summed E-state index contributed by atoms with van der Waals surface area (Å²) >= 11 is 0. The molecule has 39 heavy (non-hydrogen) atoms. The lowest BCUT2D eigenvalue weighted by atomic mass is 9.68. The van der Waals surface area contributed by atoms with Crippen LogP contribution >= 0.6 is 0 Å². The Balaban J connectivity index is 1.52. The van der Waals surface area contributed by atoms with Gasteiger partial charge >= 0.3 is 6.03 Å². The van der Waals surface area contributed by atoms with Gasteiger partial charge in [0.15, 0.2) is 9.84 Å². The number of H-pyrrole nitrogens is 1. The van der Waals surface area contributed by atoms with E-state index in [0.717, 1.165) is 37.5 Å². The highest BCUT2D eigenvalue weighted by Crippen LogP contribution is 2.43. The van der Waals surface area contributed by atoms with Crippen LogP contribution < -0.4 is 16.0 Å². The first-order valence-electron chi connectivity index (χ1n) is 12.9. The molecule has 1 aliphatic rings. The molecule has 1 atom stereocenters. The fourth-order valence-electron chi connectivity index (χ4n) is 5.14. The Bertz CT molecular complexity index is 1390. The van der Waals surface area contributed by atoms with E-state index in [2.05, 4.69) is 57.3 Å². The molecule has 0 radical (unpaired) electrons. The van der Waals surface area contributed by atoms with Gasteiger partial charge in [-0.3, -0.25) is 10.1 Å². The van der Waals surface area contributed by atoms with Gasteiger partial charge in [0.2, 0.25) is 0 Å². The van der Waals surface area contributed by atoms with Gasteiger partial charge in [-0.25, -0.2) is 13.2 Å². The van der Waals surface area contributed by atoms with E-state index in [1.165, 1.54) is 12.1 Å². The summed E-state index contributed by atoms with van der Waals surface area (Å²) in [6.45, 7) is 6.80. The molecule has 1 unspecified atom stereocenters. The van der Waals surface area contributed by atoms with Crippen LogP contribution in [0.1, 0.15) is 68.4 Å². The van der Waals surface area contributed by atoms with E-state index in [9.17, 15) is 18.0 Å². The van der Waals surface area contributed by atoms with Gasteiger partial charge in [0.25, 0.3) is 11.9 Å². The number of nitrogens with one attached hydrogen (secondary N) is 4. The average molecular weight is 554 g/mol. The Kier molecular flexibility index (Phi) is 8.34. The Labute approximate surface area is 228 Å². The minimum atomic E-state index is -3.41. The number of tetrazole rings is 1. The summed E-state index contributed by atoms with van der Waals surface area (Å²) in [7, 11) is -3.41. The van der Waals surface area contributed by atoms with E-state index in [4.69, 9.17) is 0 Å². The third kappa shape index (κ3) is 7.41. The van der Waals surface area contributed by atoms with E-state index < -0.39 is 15.9 Å². The van der Waals surface area contributed by atoms with E-state index in [1.807, 2.05) is 12.1 Å². The number of benzene rings is 2. The van der Waals surface area contributed by atoms with Crippen LogP contribution in [-0.4, -0.2) is 47.2 Å². The van der Waals surface area contributed by atoms with Crippen molar-refractivity contribution in [3.63, 3.8) is 0 Å². The number of aromatic amines is 1. The van der Waals surface area contributed by atoms with E-state index in [1.54, 1.807) is 24.3 Å². The molecule has 208 valence electrons. The molecule has 1 saturated carbocycles. The highest BCUT2D eigenvalue weighted by Gasteiger charge is 2.34. The third-order valence-electron chi connectivity index (χ3n) is 7.38. The molecule has 3 aromatic rings. The van der Waals surface area contributed by atoms with Crippen LogP contribution in [0.5, 0.6) is 0 Å². The van der Waals surface area contributed by atoms with Crippen molar-refractivity contribution in [3.05, 3.63) is 59.7 Å². The molecule has 1 fully saturated rings. The molecule has 1 aliphatic carbocycles. The number of carbonyl (C=O) groups excluding carboxylic acids is 2. The summed E-state index contributed by atoms with van der Waals surface area (Å²) in [6.07, 6.45) is 5.17. The zero-order valence-electron chi connectivity index (χ0n) is 22.6. The molecule has 1 aromatic heterocycles. The van der Waals surface area contributed by atoms with Crippen LogP contribution in [0.2, 0.25) is 0 Å². The number of hydrogen-bond acceptors (Lipinski definition) is 7. The lowest BCUT2D eigenvalue weighted by molar-refractivity contribution is 0.102. The van der Waals surface area contributed by atoms with Crippen LogP contribution in [0.3, 0.4) is 0 Å². The molecule has 0 spiro atoms. The zero-order chi connectivity index (χ0) is 28.2. The largest absolute Gasteiger partial charge is 0.331 e. The maximum Gasteiger partial charge on any atom is 0.319 e. The van der Waals surface area contributed by atoms with Crippen molar-refractivity contribution >= 4 is 33.4 Å². The number of hydrogen-bond donors (Lipinski definition) is 4. The lowest BCUT2D eigenvalue weighted by Crippen LogP contribution is -2.38. The molecule has 2 aromatic carbocycles. The van der Waals surface area contributed by atoms with Crippen molar-refractivity contribution < 1.29 is 18.0 Å². The molecular weight excluding hydrogens is 518 g/mol. The monoisotopic (exact) mass is 553 g/mol. The van der Waals surface area contributed by atoms with Crippen molar-refractivity contribution in [1.82, 2.24) is 25.9 Å². The Morgan fingerprint density at radius 2 is 1.69 bits per heavy atom. The topological polar surface area (TPSA) is 159 Å². The van der Waals surface area contributed by atoms with Crippen LogP contribution in [0.4, 0.5) is 16.4 Å². The molecule has 3 amide bonds. The molecule has 1 heterocycles. The molecule has 0 bridgehead atoms. The Morgan fingerprint density at radius 3 is 2.28 bits per heavy atom. The Morgan fingerprint density at radius 1 is 1.00 bits per heavy atom. The first-order chi connectivity index (χ1) is 18.4. The van der Waals surface area contributed by atoms with Crippen molar-refractivity contribution in [2.75, 3.05) is 16.9 Å². The van der Waals surface area contributed by atoms with Gasteiger partial charge in [0.05, 0.1) is 10.9 Å². The van der Waals surface area contributed by atoms with Crippen LogP contribution in [0.15, 0.2) is 53.4 Å². The first-order valence-corrected chi connectivity index (χ1v) is 14.8. The second kappa shape index (κ2) is 11.5. The lowest BCUT2D eigenvalue weighted by Gasteiger charge is -2.39. The molecular formula is C27H35N7O4S. The third-order valence-corrected chi connectivity index (χ3v) is 8.49. The predicted molar refractivity (Wildman–Crippen MR) is 148 cm³/mol. The molecule has 12 heteroatoms. The number of rotatable bonds is 7. The number of carbonyl (C=O) groups is 2. The summed E-state index contributed by atoms with van der Waals surface area (Å²) in [5.74, 6) is 0.520. The van der Waals surface area contributed by atoms with Crippen LogP contribution in [0.25, 0.3) is 0 Å². The van der Waals surface area contributed by atoms with Crippen molar-refractivity contribution in [3.8, 4) is 0 Å². The number of sulfone groups is 1. The molecule has 0 saturated heterocycles. The summed E-state index contributed by atoms with van der Waals surface area (Å²) in [5, 5.41) is 21.6. The predicted octanol–water partition coefficient (Wildman–Crippen LogP) is 4.57. The van der Waals surface area contributed by atoms with Crippen LogP contribution in [-0.2, 0) is 9.84 Å². The quantitative estimate of drug-likeness (QED) is 0.333. The second-order valence-electron chi connectivity index (χ2n) is 11.2. The second-order valence-corrected chi connectivity index (χ2v) is 13.2. The Hall–Kier alpha value is -3.80. The molecule has 4 N–H and O–H groups in total. The van der Waals surface area contributed by atoms with E-state index in [0.29, 0.717) is 17.2 Å². The zero-order valence-corrected chi connectivity index (χ0v) is 23.4. The summed E-state index contributed by atoms with van der Waals surface area (Å²) in [6, 6.07) is 12.5. The maximum atomic E-state index is 13.1. The fourth-order valence-corrected chi connectivity index (χ4v) is 5.80. The number of anilines is 2. The molecule has 4 rings (SSSR count). The normalized spacial score (nSPS) is 18.7. The van der Waals surface area contributed by atoms with Gasteiger partial charge in [-0.15, -0.1) is 5.10 Å². The molecule has 11 nitrogen and oxygen atoms in total. The number of aromatic nitrogens is 4. The average Bonchev–Trinajstić information content (AvgIpc) is 3.40. The minimum absolute atomic E-state index is 0.0795. The van der Waals surface area contributed by atoms with E-state index in [-0.39, 0.29) is 34.1 Å². The van der Waals surface area contributed by atoms with Gasteiger partial charge in [-0.05, 0) is 84.0 Å². The van der Waals surface area contributed by atoms with Gasteiger partial charge < -0.3 is 10.6 Å². The number of nitrogens with zero attached hydrogens (tertiary/aromatic N) is 3. The van der Waals surface area contributed by atoms with Crippen molar-refractivity contribution in [1.29, 1.82) is 0 Å². The molecule has 0 aliphatic heterocycles. The van der Waals surface area contributed by atoms with Gasteiger partial charge in [-0.1, -0.05) is 44.1 Å². The SMILES string of the molecule is CC(C)(C)C1CCC(C(NC(=O)Nc2cccc(S(C)(=O)=O)c2)c2ccc(C(=O)Nc3nn[nH]n3)cc2)CC1. The summed E-state index contributed by atoms with van der Waals surface area (Å²) in [5.41, 5.74) is 1.91. The minimum Gasteiger partial charge on any atom is -0.331 e. The summed E-state index contributed by atoms with van der Waals surface area (Å²) in [4.78, 5) is 25.8.